The van der Waals surface area contributed by atoms with Gasteiger partial charge in [-0.05, 0) is 25.0 Å². The summed E-state index contributed by atoms with van der Waals surface area (Å²) in [6.45, 7) is -0.0669. The third kappa shape index (κ3) is 2.24. The van der Waals surface area contributed by atoms with Crippen LogP contribution < -0.4 is 15.0 Å². The summed E-state index contributed by atoms with van der Waals surface area (Å²) in [6.07, 6.45) is 3.13. The molecule has 1 saturated carbocycles. The quantitative estimate of drug-likeness (QED) is 0.901. The minimum Gasteiger partial charge on any atom is -0.494 e. The molecule has 2 aliphatic rings. The predicted molar refractivity (Wildman–Crippen MR) is 74.6 cm³/mol. The SMILES string of the molecule is COc1cc(F)ccc1N1CC(=O)NC2(CCCC2)C1=O. The number of hydrogen-bond acceptors (Lipinski definition) is 3. The molecule has 1 saturated heterocycles. The molecule has 1 heterocycles. The summed E-state index contributed by atoms with van der Waals surface area (Å²) in [4.78, 5) is 26.2. The molecular formula is C15H17FN2O3. The standard InChI is InChI=1S/C15H17FN2O3/c1-21-12-8-10(16)4-5-11(12)18-9-13(19)17-15(14(18)20)6-2-3-7-15/h4-5,8H,2-3,6-7,9H2,1H3,(H,17,19). The number of carbonyl (C=O) groups excluding carboxylic acids is 2. The number of benzene rings is 1. The molecule has 2 amide bonds. The third-order valence-electron chi connectivity index (χ3n) is 4.22. The predicted octanol–water partition coefficient (Wildman–Crippen LogP) is 1.61. The summed E-state index contributed by atoms with van der Waals surface area (Å²) in [6, 6.07) is 3.96. The Morgan fingerprint density at radius 2 is 2.00 bits per heavy atom. The van der Waals surface area contributed by atoms with Gasteiger partial charge in [-0.15, -0.1) is 0 Å². The lowest BCUT2D eigenvalue weighted by molar-refractivity contribution is -0.135. The summed E-state index contributed by atoms with van der Waals surface area (Å²) in [5, 5.41) is 2.85. The van der Waals surface area contributed by atoms with Crippen molar-refractivity contribution in [2.75, 3.05) is 18.6 Å². The fraction of sp³-hybridized carbons (Fsp3) is 0.467. The number of nitrogens with one attached hydrogen (secondary N) is 1. The minimum absolute atomic E-state index is 0.0669. The molecule has 1 N–H and O–H groups in total. The van der Waals surface area contributed by atoms with E-state index in [1.807, 2.05) is 0 Å². The smallest absolute Gasteiger partial charge is 0.253 e. The van der Waals surface area contributed by atoms with Crippen LogP contribution in [0, 0.1) is 5.82 Å². The summed E-state index contributed by atoms with van der Waals surface area (Å²) in [5.74, 6) is -0.515. The Bertz CT molecular complexity index is 597. The van der Waals surface area contributed by atoms with Gasteiger partial charge >= 0.3 is 0 Å². The number of ether oxygens (including phenoxy) is 1. The van der Waals surface area contributed by atoms with E-state index in [1.165, 1.54) is 30.2 Å². The lowest BCUT2D eigenvalue weighted by atomic mass is 9.92. The average Bonchev–Trinajstić information content (AvgIpc) is 2.92. The molecule has 1 aromatic carbocycles. The van der Waals surface area contributed by atoms with Crippen molar-refractivity contribution >= 4 is 17.5 Å². The second-order valence-electron chi connectivity index (χ2n) is 5.54. The number of amides is 2. The lowest BCUT2D eigenvalue weighted by Crippen LogP contribution is -2.65. The van der Waals surface area contributed by atoms with Crippen LogP contribution in [0.3, 0.4) is 0 Å². The van der Waals surface area contributed by atoms with Gasteiger partial charge in [0.1, 0.15) is 23.7 Å². The van der Waals surface area contributed by atoms with Gasteiger partial charge in [-0.25, -0.2) is 4.39 Å². The van der Waals surface area contributed by atoms with Crippen molar-refractivity contribution in [2.24, 2.45) is 0 Å². The summed E-state index contributed by atoms with van der Waals surface area (Å²) in [5.41, 5.74) is -0.362. The molecule has 3 rings (SSSR count). The van der Waals surface area contributed by atoms with Crippen LogP contribution in [0.5, 0.6) is 5.75 Å². The van der Waals surface area contributed by atoms with E-state index in [0.29, 0.717) is 18.5 Å². The highest BCUT2D eigenvalue weighted by Crippen LogP contribution is 2.37. The molecule has 6 heteroatoms. The Labute approximate surface area is 122 Å². The van der Waals surface area contributed by atoms with Crippen LogP contribution in [0.15, 0.2) is 18.2 Å². The highest BCUT2D eigenvalue weighted by Gasteiger charge is 2.49. The largest absolute Gasteiger partial charge is 0.494 e. The van der Waals surface area contributed by atoms with Gasteiger partial charge in [-0.3, -0.25) is 14.5 Å². The maximum Gasteiger partial charge on any atom is 0.253 e. The molecular weight excluding hydrogens is 275 g/mol. The summed E-state index contributed by atoms with van der Waals surface area (Å²) >= 11 is 0. The molecule has 0 atom stereocenters. The third-order valence-corrected chi connectivity index (χ3v) is 4.22. The number of nitrogens with zero attached hydrogens (tertiary/aromatic N) is 1. The van der Waals surface area contributed by atoms with Crippen LogP contribution in [0.25, 0.3) is 0 Å². The number of hydrogen-bond donors (Lipinski definition) is 1. The van der Waals surface area contributed by atoms with Gasteiger partial charge in [0.25, 0.3) is 5.91 Å². The Hall–Kier alpha value is -2.11. The van der Waals surface area contributed by atoms with Crippen molar-refractivity contribution < 1.29 is 18.7 Å². The van der Waals surface area contributed by atoms with Gasteiger partial charge in [0, 0.05) is 6.07 Å². The Morgan fingerprint density at radius 3 is 2.67 bits per heavy atom. The fourth-order valence-corrected chi connectivity index (χ4v) is 3.22. The first kappa shape index (κ1) is 13.9. The molecule has 2 fully saturated rings. The van der Waals surface area contributed by atoms with Crippen molar-refractivity contribution in [3.05, 3.63) is 24.0 Å². The van der Waals surface area contributed by atoms with Crippen LogP contribution in [-0.2, 0) is 9.59 Å². The molecule has 0 bridgehead atoms. The summed E-state index contributed by atoms with van der Waals surface area (Å²) in [7, 11) is 1.41. The second-order valence-corrected chi connectivity index (χ2v) is 5.54. The first-order valence-corrected chi connectivity index (χ1v) is 7.02. The number of anilines is 1. The molecule has 21 heavy (non-hydrogen) atoms. The van der Waals surface area contributed by atoms with Gasteiger partial charge in [0.2, 0.25) is 5.91 Å². The Balaban J connectivity index is 2.01. The molecule has 112 valence electrons. The Kier molecular flexibility index (Phi) is 3.31. The van der Waals surface area contributed by atoms with E-state index in [2.05, 4.69) is 5.32 Å². The molecule has 1 spiro atoms. The molecule has 0 aromatic heterocycles. The first-order chi connectivity index (χ1) is 10.1. The zero-order valence-corrected chi connectivity index (χ0v) is 11.8. The van der Waals surface area contributed by atoms with E-state index in [-0.39, 0.29) is 24.1 Å². The first-order valence-electron chi connectivity index (χ1n) is 7.02. The zero-order valence-electron chi connectivity index (χ0n) is 11.8. The molecule has 1 aromatic rings. The van der Waals surface area contributed by atoms with Gasteiger partial charge in [0.05, 0.1) is 12.8 Å². The van der Waals surface area contributed by atoms with Gasteiger partial charge in [0.15, 0.2) is 0 Å². The van der Waals surface area contributed by atoms with Crippen LogP contribution in [0.1, 0.15) is 25.7 Å². The van der Waals surface area contributed by atoms with Crippen LogP contribution in [0.4, 0.5) is 10.1 Å². The summed E-state index contributed by atoms with van der Waals surface area (Å²) < 4.78 is 18.5. The van der Waals surface area contributed by atoms with Gasteiger partial charge in [-0.2, -0.15) is 0 Å². The van der Waals surface area contributed by atoms with E-state index in [4.69, 9.17) is 4.74 Å². The lowest BCUT2D eigenvalue weighted by Gasteiger charge is -2.40. The van der Waals surface area contributed by atoms with Crippen LogP contribution in [-0.4, -0.2) is 31.0 Å². The second kappa shape index (κ2) is 5.02. The van der Waals surface area contributed by atoms with Crippen LogP contribution >= 0.6 is 0 Å². The number of rotatable bonds is 2. The Morgan fingerprint density at radius 1 is 1.29 bits per heavy atom. The molecule has 1 aliphatic carbocycles. The topological polar surface area (TPSA) is 58.6 Å². The number of piperazine rings is 1. The van der Waals surface area contributed by atoms with E-state index >= 15 is 0 Å². The number of methoxy groups -OCH3 is 1. The highest BCUT2D eigenvalue weighted by atomic mass is 19.1. The van der Waals surface area contributed by atoms with E-state index in [0.717, 1.165) is 12.8 Å². The molecule has 5 nitrogen and oxygen atoms in total. The van der Waals surface area contributed by atoms with Crippen molar-refractivity contribution in [1.82, 2.24) is 5.32 Å². The van der Waals surface area contributed by atoms with Gasteiger partial charge in [-0.1, -0.05) is 12.8 Å². The van der Waals surface area contributed by atoms with Gasteiger partial charge < -0.3 is 10.1 Å². The molecule has 0 unspecified atom stereocenters. The van der Waals surface area contributed by atoms with E-state index < -0.39 is 11.4 Å². The van der Waals surface area contributed by atoms with Crippen molar-refractivity contribution in [2.45, 2.75) is 31.2 Å². The normalized spacial score (nSPS) is 20.8. The minimum atomic E-state index is -0.797. The van der Waals surface area contributed by atoms with Crippen molar-refractivity contribution in [1.29, 1.82) is 0 Å². The maximum absolute atomic E-state index is 13.3. The fourth-order valence-electron chi connectivity index (χ4n) is 3.22. The van der Waals surface area contributed by atoms with Crippen LogP contribution in [0.2, 0.25) is 0 Å². The number of carbonyl (C=O) groups is 2. The van der Waals surface area contributed by atoms with Crippen molar-refractivity contribution in [3.63, 3.8) is 0 Å². The average molecular weight is 292 g/mol. The monoisotopic (exact) mass is 292 g/mol. The number of halogens is 1. The van der Waals surface area contributed by atoms with Crippen molar-refractivity contribution in [3.8, 4) is 5.75 Å². The van der Waals surface area contributed by atoms with E-state index in [9.17, 15) is 14.0 Å². The molecule has 1 aliphatic heterocycles. The highest BCUT2D eigenvalue weighted by molar-refractivity contribution is 6.10. The maximum atomic E-state index is 13.3. The molecule has 0 radical (unpaired) electrons. The van der Waals surface area contributed by atoms with E-state index in [1.54, 1.807) is 0 Å². The zero-order chi connectivity index (χ0) is 15.0.